The summed E-state index contributed by atoms with van der Waals surface area (Å²) in [6.07, 6.45) is 2.87. The van der Waals surface area contributed by atoms with E-state index in [0.717, 1.165) is 10.2 Å². The number of para-hydroxylation sites is 1. The molecule has 0 unspecified atom stereocenters. The minimum atomic E-state index is -0.587. The Morgan fingerprint density at radius 1 is 1.16 bits per heavy atom. The van der Waals surface area contributed by atoms with Crippen molar-refractivity contribution in [2.45, 2.75) is 6.92 Å². The maximum absolute atomic E-state index is 13.8. The molecule has 2 amide bonds. The van der Waals surface area contributed by atoms with Crippen molar-refractivity contribution >= 4 is 50.8 Å². The second-order valence-corrected chi connectivity index (χ2v) is 6.28. The Hall–Kier alpha value is -3.06. The van der Waals surface area contributed by atoms with Gasteiger partial charge in [0.15, 0.2) is 0 Å². The Kier molecular flexibility index (Phi) is 4.85. The molecule has 25 heavy (non-hydrogen) atoms. The predicted molar refractivity (Wildman–Crippen MR) is 98.0 cm³/mol. The molecule has 0 aliphatic carbocycles. The van der Waals surface area contributed by atoms with Crippen LogP contribution >= 0.6 is 11.3 Å². The highest BCUT2D eigenvalue weighted by molar-refractivity contribution is 7.19. The van der Waals surface area contributed by atoms with Crippen molar-refractivity contribution in [3.05, 3.63) is 59.4 Å². The summed E-state index contributed by atoms with van der Waals surface area (Å²) in [5.74, 6) is -1.35. The normalized spacial score (nSPS) is 11.0. The number of amides is 2. The molecule has 0 radical (unpaired) electrons. The maximum Gasteiger partial charge on any atom is 0.248 e. The summed E-state index contributed by atoms with van der Waals surface area (Å²) in [6.45, 7) is 1.35. The molecule has 2 aromatic carbocycles. The van der Waals surface area contributed by atoms with Crippen LogP contribution < -0.4 is 10.6 Å². The second kappa shape index (κ2) is 7.23. The summed E-state index contributed by atoms with van der Waals surface area (Å²) >= 11 is 1.46. The van der Waals surface area contributed by atoms with Gasteiger partial charge in [0.05, 0.1) is 15.9 Å². The van der Waals surface area contributed by atoms with Gasteiger partial charge in [0, 0.05) is 18.7 Å². The monoisotopic (exact) mass is 355 g/mol. The molecule has 0 saturated carbocycles. The first-order chi connectivity index (χ1) is 12.0. The van der Waals surface area contributed by atoms with Crippen molar-refractivity contribution in [3.63, 3.8) is 0 Å². The van der Waals surface area contributed by atoms with Gasteiger partial charge in [-0.1, -0.05) is 12.1 Å². The standard InChI is InChI=1S/C18H14FN3O2S/c1-11(23)20-12-6-7-13(19)15(10-12)21-17(24)8-9-18-22-14-4-2-3-5-16(14)25-18/h2-10H,1H3,(H,20,23)(H,21,24)/b9-8+. The molecular formula is C18H14FN3O2S. The number of benzene rings is 2. The third-order valence-electron chi connectivity index (χ3n) is 3.23. The largest absolute Gasteiger partial charge is 0.326 e. The molecule has 0 fully saturated rings. The van der Waals surface area contributed by atoms with Crippen LogP contribution in [0, 0.1) is 5.82 Å². The predicted octanol–water partition coefficient (Wildman–Crippen LogP) is 4.05. The van der Waals surface area contributed by atoms with Gasteiger partial charge < -0.3 is 10.6 Å². The highest BCUT2D eigenvalue weighted by atomic mass is 32.1. The van der Waals surface area contributed by atoms with Crippen molar-refractivity contribution < 1.29 is 14.0 Å². The van der Waals surface area contributed by atoms with Gasteiger partial charge in [-0.25, -0.2) is 9.37 Å². The Morgan fingerprint density at radius 3 is 2.72 bits per heavy atom. The average Bonchev–Trinajstić information content (AvgIpc) is 2.98. The molecular weight excluding hydrogens is 341 g/mol. The van der Waals surface area contributed by atoms with Crippen molar-refractivity contribution in [3.8, 4) is 0 Å². The van der Waals surface area contributed by atoms with Gasteiger partial charge in [0.1, 0.15) is 10.8 Å². The number of carbonyl (C=O) groups excluding carboxylic acids is 2. The summed E-state index contributed by atoms with van der Waals surface area (Å²) in [5, 5.41) is 5.67. The number of hydrogen-bond donors (Lipinski definition) is 2. The first-order valence-electron chi connectivity index (χ1n) is 7.43. The van der Waals surface area contributed by atoms with Crippen molar-refractivity contribution in [1.29, 1.82) is 0 Å². The van der Waals surface area contributed by atoms with E-state index in [1.807, 2.05) is 24.3 Å². The molecule has 5 nitrogen and oxygen atoms in total. The summed E-state index contributed by atoms with van der Waals surface area (Å²) in [5.41, 5.74) is 1.26. The molecule has 1 heterocycles. The van der Waals surface area contributed by atoms with Gasteiger partial charge in [-0.05, 0) is 36.4 Å². The number of nitrogens with zero attached hydrogens (tertiary/aromatic N) is 1. The molecule has 0 saturated heterocycles. The number of carbonyl (C=O) groups is 2. The van der Waals surface area contributed by atoms with Gasteiger partial charge in [-0.2, -0.15) is 0 Å². The highest BCUT2D eigenvalue weighted by Crippen LogP contribution is 2.23. The zero-order chi connectivity index (χ0) is 17.8. The van der Waals surface area contributed by atoms with E-state index in [2.05, 4.69) is 15.6 Å². The molecule has 0 spiro atoms. The van der Waals surface area contributed by atoms with E-state index in [4.69, 9.17) is 0 Å². The van der Waals surface area contributed by atoms with Crippen LogP contribution in [0.15, 0.2) is 48.5 Å². The fraction of sp³-hybridized carbons (Fsp3) is 0.0556. The lowest BCUT2D eigenvalue weighted by molar-refractivity contribution is -0.114. The van der Waals surface area contributed by atoms with E-state index in [9.17, 15) is 14.0 Å². The van der Waals surface area contributed by atoms with Crippen LogP contribution in [0.1, 0.15) is 11.9 Å². The number of nitrogens with one attached hydrogen (secondary N) is 2. The first-order valence-corrected chi connectivity index (χ1v) is 8.25. The van der Waals surface area contributed by atoms with E-state index >= 15 is 0 Å². The fourth-order valence-corrected chi connectivity index (χ4v) is 3.06. The van der Waals surface area contributed by atoms with Gasteiger partial charge in [0.25, 0.3) is 0 Å². The van der Waals surface area contributed by atoms with Crippen molar-refractivity contribution in [2.75, 3.05) is 10.6 Å². The first kappa shape index (κ1) is 16.8. The molecule has 0 atom stereocenters. The van der Waals surface area contributed by atoms with Crippen LogP contribution in [0.4, 0.5) is 15.8 Å². The fourth-order valence-electron chi connectivity index (χ4n) is 2.18. The number of fused-ring (bicyclic) bond motifs is 1. The lowest BCUT2D eigenvalue weighted by Crippen LogP contribution is -2.11. The zero-order valence-electron chi connectivity index (χ0n) is 13.2. The number of aromatic nitrogens is 1. The quantitative estimate of drug-likeness (QED) is 0.694. The van der Waals surface area contributed by atoms with Crippen LogP contribution in [-0.2, 0) is 9.59 Å². The minimum absolute atomic E-state index is 0.00907. The lowest BCUT2D eigenvalue weighted by atomic mass is 10.2. The number of hydrogen-bond acceptors (Lipinski definition) is 4. The Labute approximate surface area is 147 Å². The number of anilines is 2. The van der Waals surface area contributed by atoms with Crippen molar-refractivity contribution in [2.24, 2.45) is 0 Å². The molecule has 126 valence electrons. The van der Waals surface area contributed by atoms with Crippen LogP contribution in [0.25, 0.3) is 16.3 Å². The molecule has 7 heteroatoms. The molecule has 0 aliphatic heterocycles. The number of thiazole rings is 1. The van der Waals surface area contributed by atoms with Crippen LogP contribution in [-0.4, -0.2) is 16.8 Å². The summed E-state index contributed by atoms with van der Waals surface area (Å²) < 4.78 is 14.8. The molecule has 0 aliphatic rings. The molecule has 3 aromatic rings. The second-order valence-electron chi connectivity index (χ2n) is 5.22. The Bertz CT molecular complexity index is 948. The van der Waals surface area contributed by atoms with E-state index in [0.29, 0.717) is 10.7 Å². The minimum Gasteiger partial charge on any atom is -0.326 e. The molecule has 2 N–H and O–H groups in total. The molecule has 0 bridgehead atoms. The Morgan fingerprint density at radius 2 is 1.96 bits per heavy atom. The van der Waals surface area contributed by atoms with E-state index in [1.54, 1.807) is 6.08 Å². The zero-order valence-corrected chi connectivity index (χ0v) is 14.1. The van der Waals surface area contributed by atoms with Crippen molar-refractivity contribution in [1.82, 2.24) is 4.98 Å². The van der Waals surface area contributed by atoms with E-state index in [1.165, 1.54) is 42.5 Å². The van der Waals surface area contributed by atoms with Crippen LogP contribution in [0.3, 0.4) is 0 Å². The Balaban J connectivity index is 1.72. The topological polar surface area (TPSA) is 71.1 Å². The SMILES string of the molecule is CC(=O)Nc1ccc(F)c(NC(=O)/C=C/c2nc3ccccc3s2)c1. The smallest absolute Gasteiger partial charge is 0.248 e. The maximum atomic E-state index is 13.8. The van der Waals surface area contributed by atoms with Gasteiger partial charge in [-0.3, -0.25) is 9.59 Å². The molecule has 3 rings (SSSR count). The van der Waals surface area contributed by atoms with Crippen LogP contribution in [0.5, 0.6) is 0 Å². The summed E-state index contributed by atoms with van der Waals surface area (Å²) in [7, 11) is 0. The third-order valence-corrected chi connectivity index (χ3v) is 4.23. The van der Waals surface area contributed by atoms with Crippen LogP contribution in [0.2, 0.25) is 0 Å². The highest BCUT2D eigenvalue weighted by Gasteiger charge is 2.07. The number of rotatable bonds is 4. The van der Waals surface area contributed by atoms with Gasteiger partial charge in [0.2, 0.25) is 11.8 Å². The lowest BCUT2D eigenvalue weighted by Gasteiger charge is -2.07. The van der Waals surface area contributed by atoms with E-state index in [-0.39, 0.29) is 11.6 Å². The van der Waals surface area contributed by atoms with Gasteiger partial charge in [-0.15, -0.1) is 11.3 Å². The number of halogens is 1. The summed E-state index contributed by atoms with van der Waals surface area (Å²) in [6, 6.07) is 11.6. The molecule has 1 aromatic heterocycles. The third kappa shape index (κ3) is 4.27. The average molecular weight is 355 g/mol. The van der Waals surface area contributed by atoms with E-state index < -0.39 is 11.7 Å². The van der Waals surface area contributed by atoms with Gasteiger partial charge >= 0.3 is 0 Å². The summed E-state index contributed by atoms with van der Waals surface area (Å²) in [4.78, 5) is 27.5.